The van der Waals surface area contributed by atoms with Gasteiger partial charge in [-0.15, -0.1) is 0 Å². The zero-order valence-corrected chi connectivity index (χ0v) is 16.0. The van der Waals surface area contributed by atoms with Crippen LogP contribution in [0.4, 0.5) is 0 Å². The number of imidazole rings is 1. The third kappa shape index (κ3) is 3.73. The van der Waals surface area contributed by atoms with Gasteiger partial charge in [0, 0.05) is 18.0 Å². The summed E-state index contributed by atoms with van der Waals surface area (Å²) in [6, 6.07) is 8.64. The Morgan fingerprint density at radius 1 is 1.12 bits per heavy atom. The van der Waals surface area contributed by atoms with Crippen LogP contribution in [0.2, 0.25) is 0 Å². The van der Waals surface area contributed by atoms with Crippen molar-refractivity contribution < 1.29 is 4.79 Å². The molecule has 0 atom stereocenters. The SMILES string of the molecule is CC(C)N(C(=O)Cn1c(C2CCCCC2)nc2ccccc21)C(C)C. The molecule has 4 heteroatoms. The van der Waals surface area contributed by atoms with E-state index < -0.39 is 0 Å². The topological polar surface area (TPSA) is 38.1 Å². The van der Waals surface area contributed by atoms with Crippen LogP contribution in [0.15, 0.2) is 24.3 Å². The van der Waals surface area contributed by atoms with Gasteiger partial charge in [-0.25, -0.2) is 4.98 Å². The molecular weight excluding hydrogens is 310 g/mol. The number of benzene rings is 1. The summed E-state index contributed by atoms with van der Waals surface area (Å²) in [6.45, 7) is 8.75. The molecule has 1 saturated carbocycles. The molecule has 1 aromatic carbocycles. The smallest absolute Gasteiger partial charge is 0.243 e. The highest BCUT2D eigenvalue weighted by atomic mass is 16.2. The number of aromatic nitrogens is 2. The molecule has 0 N–H and O–H groups in total. The summed E-state index contributed by atoms with van der Waals surface area (Å²) in [6.07, 6.45) is 6.24. The lowest BCUT2D eigenvalue weighted by atomic mass is 9.88. The van der Waals surface area contributed by atoms with E-state index in [1.54, 1.807) is 0 Å². The van der Waals surface area contributed by atoms with E-state index in [0.29, 0.717) is 12.5 Å². The van der Waals surface area contributed by atoms with Gasteiger partial charge in [0.15, 0.2) is 0 Å². The van der Waals surface area contributed by atoms with E-state index in [1.165, 1.54) is 32.1 Å². The van der Waals surface area contributed by atoms with E-state index in [2.05, 4.69) is 44.4 Å². The highest BCUT2D eigenvalue weighted by molar-refractivity contribution is 5.81. The lowest BCUT2D eigenvalue weighted by molar-refractivity contribution is -0.135. The summed E-state index contributed by atoms with van der Waals surface area (Å²) in [5.74, 6) is 1.78. The van der Waals surface area contributed by atoms with Crippen LogP contribution in [0.1, 0.15) is 71.5 Å². The molecule has 1 heterocycles. The van der Waals surface area contributed by atoms with Crippen LogP contribution >= 0.6 is 0 Å². The monoisotopic (exact) mass is 341 g/mol. The van der Waals surface area contributed by atoms with E-state index in [9.17, 15) is 4.79 Å². The van der Waals surface area contributed by atoms with Gasteiger partial charge in [0.1, 0.15) is 12.4 Å². The molecule has 1 fully saturated rings. The second-order valence-corrected chi connectivity index (χ2v) is 7.87. The van der Waals surface area contributed by atoms with Gasteiger partial charge in [0.05, 0.1) is 11.0 Å². The second-order valence-electron chi connectivity index (χ2n) is 7.87. The first kappa shape index (κ1) is 18.0. The lowest BCUT2D eigenvalue weighted by Gasteiger charge is -2.31. The van der Waals surface area contributed by atoms with Crippen molar-refractivity contribution in [3.05, 3.63) is 30.1 Å². The number of nitrogens with zero attached hydrogens (tertiary/aromatic N) is 3. The highest BCUT2D eigenvalue weighted by Crippen LogP contribution is 2.34. The predicted molar refractivity (Wildman–Crippen MR) is 103 cm³/mol. The summed E-state index contributed by atoms with van der Waals surface area (Å²) < 4.78 is 2.19. The molecule has 3 rings (SSSR count). The Kier molecular flexibility index (Phi) is 5.45. The summed E-state index contributed by atoms with van der Waals surface area (Å²) in [4.78, 5) is 20.0. The van der Waals surface area contributed by atoms with Crippen LogP contribution in [0.5, 0.6) is 0 Å². The van der Waals surface area contributed by atoms with Gasteiger partial charge in [0.25, 0.3) is 0 Å². The van der Waals surface area contributed by atoms with Gasteiger partial charge in [0.2, 0.25) is 5.91 Å². The van der Waals surface area contributed by atoms with Crippen LogP contribution in [0, 0.1) is 0 Å². The van der Waals surface area contributed by atoms with Crippen LogP contribution in [0.3, 0.4) is 0 Å². The van der Waals surface area contributed by atoms with Crippen molar-refractivity contribution in [1.29, 1.82) is 0 Å². The fourth-order valence-corrected chi connectivity index (χ4v) is 4.32. The molecule has 0 aliphatic heterocycles. The number of carbonyl (C=O) groups excluding carboxylic acids is 1. The molecule has 1 amide bonds. The number of rotatable bonds is 5. The van der Waals surface area contributed by atoms with Gasteiger partial charge < -0.3 is 9.47 Å². The molecule has 0 unspecified atom stereocenters. The maximum atomic E-state index is 13.0. The van der Waals surface area contributed by atoms with Crippen molar-refractivity contribution in [3.63, 3.8) is 0 Å². The molecule has 1 aliphatic carbocycles. The lowest BCUT2D eigenvalue weighted by Crippen LogP contribution is -2.43. The van der Waals surface area contributed by atoms with Crippen LogP contribution < -0.4 is 0 Å². The third-order valence-corrected chi connectivity index (χ3v) is 5.35. The van der Waals surface area contributed by atoms with Crippen molar-refractivity contribution in [2.75, 3.05) is 0 Å². The number of hydrogen-bond acceptors (Lipinski definition) is 2. The minimum absolute atomic E-state index is 0.185. The maximum Gasteiger partial charge on any atom is 0.243 e. The number of carbonyl (C=O) groups is 1. The predicted octanol–water partition coefficient (Wildman–Crippen LogP) is 4.73. The molecule has 1 aliphatic rings. The Balaban J connectivity index is 1.97. The summed E-state index contributed by atoms with van der Waals surface area (Å²) in [7, 11) is 0. The molecule has 25 heavy (non-hydrogen) atoms. The van der Waals surface area contributed by atoms with Crippen molar-refractivity contribution in [1.82, 2.24) is 14.5 Å². The van der Waals surface area contributed by atoms with E-state index in [-0.39, 0.29) is 18.0 Å². The van der Waals surface area contributed by atoms with Crippen molar-refractivity contribution in [3.8, 4) is 0 Å². The van der Waals surface area contributed by atoms with Crippen LogP contribution in [0.25, 0.3) is 11.0 Å². The molecule has 0 saturated heterocycles. The normalized spacial score (nSPS) is 16.1. The average molecular weight is 341 g/mol. The van der Waals surface area contributed by atoms with Gasteiger partial charge in [-0.1, -0.05) is 31.4 Å². The quantitative estimate of drug-likeness (QED) is 0.788. The molecule has 4 nitrogen and oxygen atoms in total. The standard InChI is InChI=1S/C21H31N3O/c1-15(2)24(16(3)4)20(25)14-23-19-13-9-8-12-18(19)22-21(23)17-10-6-5-7-11-17/h8-9,12-13,15-17H,5-7,10-11,14H2,1-4H3. The molecule has 1 aromatic heterocycles. The number of hydrogen-bond donors (Lipinski definition) is 0. The molecular formula is C21H31N3O. The zero-order chi connectivity index (χ0) is 18.0. The Hall–Kier alpha value is -1.84. The van der Waals surface area contributed by atoms with Crippen molar-refractivity contribution in [2.24, 2.45) is 0 Å². The summed E-state index contributed by atoms with van der Waals surface area (Å²) in [5.41, 5.74) is 2.10. The van der Waals surface area contributed by atoms with Crippen molar-refractivity contribution in [2.45, 2.75) is 84.3 Å². The Morgan fingerprint density at radius 3 is 2.40 bits per heavy atom. The van der Waals surface area contributed by atoms with E-state index in [1.807, 2.05) is 17.0 Å². The van der Waals surface area contributed by atoms with E-state index in [0.717, 1.165) is 16.9 Å². The molecule has 0 radical (unpaired) electrons. The number of fused-ring (bicyclic) bond motifs is 1. The highest BCUT2D eigenvalue weighted by Gasteiger charge is 2.26. The number of para-hydroxylation sites is 2. The summed E-state index contributed by atoms with van der Waals surface area (Å²) >= 11 is 0. The molecule has 0 spiro atoms. The summed E-state index contributed by atoms with van der Waals surface area (Å²) in [5, 5.41) is 0. The maximum absolute atomic E-state index is 13.0. The first-order valence-electron chi connectivity index (χ1n) is 9.75. The minimum Gasteiger partial charge on any atom is -0.336 e. The van der Waals surface area contributed by atoms with Gasteiger partial charge in [-0.2, -0.15) is 0 Å². The van der Waals surface area contributed by atoms with Crippen LogP contribution in [-0.4, -0.2) is 32.4 Å². The Morgan fingerprint density at radius 2 is 1.76 bits per heavy atom. The van der Waals surface area contributed by atoms with Gasteiger partial charge in [-0.05, 0) is 52.7 Å². The average Bonchev–Trinajstić information content (AvgIpc) is 2.94. The first-order chi connectivity index (χ1) is 12.0. The van der Waals surface area contributed by atoms with Crippen LogP contribution in [-0.2, 0) is 11.3 Å². The van der Waals surface area contributed by atoms with Gasteiger partial charge in [-0.3, -0.25) is 4.79 Å². The largest absolute Gasteiger partial charge is 0.336 e. The Bertz CT molecular complexity index is 718. The minimum atomic E-state index is 0.185. The van der Waals surface area contributed by atoms with Gasteiger partial charge >= 0.3 is 0 Å². The fraction of sp³-hybridized carbons (Fsp3) is 0.619. The third-order valence-electron chi connectivity index (χ3n) is 5.35. The second kappa shape index (κ2) is 7.59. The zero-order valence-electron chi connectivity index (χ0n) is 16.0. The van der Waals surface area contributed by atoms with E-state index in [4.69, 9.17) is 4.98 Å². The fourth-order valence-electron chi connectivity index (χ4n) is 4.32. The Labute approximate surface area is 151 Å². The molecule has 136 valence electrons. The van der Waals surface area contributed by atoms with Crippen molar-refractivity contribution >= 4 is 16.9 Å². The number of amides is 1. The molecule has 0 bridgehead atoms. The first-order valence-corrected chi connectivity index (χ1v) is 9.75. The molecule has 2 aromatic rings. The van der Waals surface area contributed by atoms with E-state index >= 15 is 0 Å².